The number of ether oxygens (including phenoxy) is 1. The monoisotopic (exact) mass is 608 g/mol. The van der Waals surface area contributed by atoms with E-state index in [-0.39, 0.29) is 18.0 Å². The SMILES string of the molecule is O=C(COc1c(I)cc(I)cc1I)c1ccccc1F. The Balaban J connectivity index is 2.14. The number of rotatable bonds is 4. The molecule has 20 heavy (non-hydrogen) atoms. The normalized spacial score (nSPS) is 10.4. The molecule has 2 nitrogen and oxygen atoms in total. The third-order valence-corrected chi connectivity index (χ3v) is 4.71. The van der Waals surface area contributed by atoms with Gasteiger partial charge in [-0.2, -0.15) is 0 Å². The first kappa shape index (κ1) is 16.4. The second-order valence-corrected chi connectivity index (χ2v) is 7.46. The van der Waals surface area contributed by atoms with Gasteiger partial charge in [-0.3, -0.25) is 4.79 Å². The molecular formula is C14H8FI3O2. The zero-order chi connectivity index (χ0) is 14.7. The van der Waals surface area contributed by atoms with Gasteiger partial charge in [-0.25, -0.2) is 4.39 Å². The molecule has 0 aromatic heterocycles. The van der Waals surface area contributed by atoms with Crippen LogP contribution >= 0.6 is 67.8 Å². The first-order chi connectivity index (χ1) is 9.49. The summed E-state index contributed by atoms with van der Waals surface area (Å²) >= 11 is 6.54. The van der Waals surface area contributed by atoms with E-state index in [9.17, 15) is 9.18 Å². The molecule has 0 aliphatic rings. The predicted octanol–water partition coefficient (Wildman–Crippen LogP) is 4.90. The number of ketones is 1. The summed E-state index contributed by atoms with van der Waals surface area (Å²) in [4.78, 5) is 12.0. The lowest BCUT2D eigenvalue weighted by atomic mass is 10.1. The van der Waals surface area contributed by atoms with E-state index in [2.05, 4.69) is 67.8 Å². The highest BCUT2D eigenvalue weighted by Gasteiger charge is 2.14. The van der Waals surface area contributed by atoms with Crippen LogP contribution in [-0.4, -0.2) is 12.4 Å². The van der Waals surface area contributed by atoms with Gasteiger partial charge in [0.1, 0.15) is 11.6 Å². The summed E-state index contributed by atoms with van der Waals surface area (Å²) < 4.78 is 22.0. The van der Waals surface area contributed by atoms with Crippen LogP contribution in [0.15, 0.2) is 36.4 Å². The Labute approximate surface area is 156 Å². The van der Waals surface area contributed by atoms with Crippen LogP contribution in [0.1, 0.15) is 10.4 Å². The molecule has 6 heteroatoms. The van der Waals surface area contributed by atoms with E-state index in [1.165, 1.54) is 12.1 Å². The molecule has 0 atom stereocenters. The molecule has 2 rings (SSSR count). The van der Waals surface area contributed by atoms with Crippen molar-refractivity contribution in [1.29, 1.82) is 0 Å². The van der Waals surface area contributed by atoms with Crippen molar-refractivity contribution in [3.8, 4) is 5.75 Å². The molecule has 0 saturated carbocycles. The lowest BCUT2D eigenvalue weighted by Gasteiger charge is -2.10. The fourth-order valence-corrected chi connectivity index (χ4v) is 5.46. The van der Waals surface area contributed by atoms with Crippen LogP contribution in [-0.2, 0) is 0 Å². The molecule has 0 spiro atoms. The summed E-state index contributed by atoms with van der Waals surface area (Å²) in [7, 11) is 0. The number of benzene rings is 2. The van der Waals surface area contributed by atoms with Gasteiger partial charge in [-0.05, 0) is 92.0 Å². The molecule has 0 unspecified atom stereocenters. The maximum atomic E-state index is 13.5. The van der Waals surface area contributed by atoms with E-state index in [1.54, 1.807) is 12.1 Å². The second-order valence-electron chi connectivity index (χ2n) is 3.89. The molecule has 0 fully saturated rings. The van der Waals surface area contributed by atoms with Crippen molar-refractivity contribution in [1.82, 2.24) is 0 Å². The molecule has 2 aromatic rings. The van der Waals surface area contributed by atoms with Gasteiger partial charge in [-0.15, -0.1) is 0 Å². The Bertz CT molecular complexity index is 636. The van der Waals surface area contributed by atoms with Gasteiger partial charge in [0.2, 0.25) is 5.78 Å². The summed E-state index contributed by atoms with van der Waals surface area (Å²) in [5, 5.41) is 0. The Morgan fingerprint density at radius 2 is 1.70 bits per heavy atom. The molecule has 0 amide bonds. The largest absolute Gasteiger partial charge is 0.483 e. The van der Waals surface area contributed by atoms with E-state index in [0.29, 0.717) is 5.75 Å². The van der Waals surface area contributed by atoms with Gasteiger partial charge >= 0.3 is 0 Å². The molecule has 0 N–H and O–H groups in total. The van der Waals surface area contributed by atoms with E-state index >= 15 is 0 Å². The standard InChI is InChI=1S/C14H8FI3O2/c15-10-4-2-1-3-9(10)13(19)7-20-14-11(17)5-8(16)6-12(14)18/h1-6H,7H2. The number of carbonyl (C=O) groups excluding carboxylic acids is 1. The van der Waals surface area contributed by atoms with Crippen molar-refractivity contribution in [3.63, 3.8) is 0 Å². The Hall–Kier alpha value is 0.0300. The fourth-order valence-electron chi connectivity index (χ4n) is 1.57. The molecule has 2 aromatic carbocycles. The summed E-state index contributed by atoms with van der Waals surface area (Å²) in [6.07, 6.45) is 0. The maximum Gasteiger partial charge on any atom is 0.203 e. The highest BCUT2D eigenvalue weighted by Crippen LogP contribution is 2.29. The zero-order valence-electron chi connectivity index (χ0n) is 10.00. The molecule has 104 valence electrons. The number of Topliss-reactive ketones (excluding diaryl/α,β-unsaturated/α-hetero) is 1. The summed E-state index contributed by atoms with van der Waals surface area (Å²) in [5.41, 5.74) is 0.0584. The topological polar surface area (TPSA) is 26.3 Å². The molecule has 0 aliphatic carbocycles. The molecule has 0 aliphatic heterocycles. The van der Waals surface area contributed by atoms with Gasteiger partial charge in [0.25, 0.3) is 0 Å². The van der Waals surface area contributed by atoms with E-state index in [4.69, 9.17) is 4.74 Å². The third kappa shape index (κ3) is 4.03. The Morgan fingerprint density at radius 3 is 2.30 bits per heavy atom. The minimum atomic E-state index is -0.520. The molecule has 0 bridgehead atoms. The molecule has 0 radical (unpaired) electrons. The smallest absolute Gasteiger partial charge is 0.203 e. The van der Waals surface area contributed by atoms with Crippen LogP contribution in [0.4, 0.5) is 4.39 Å². The Kier molecular flexibility index (Phi) is 6.02. The number of hydrogen-bond donors (Lipinski definition) is 0. The predicted molar refractivity (Wildman–Crippen MR) is 101 cm³/mol. The second kappa shape index (κ2) is 7.34. The van der Waals surface area contributed by atoms with Crippen LogP contribution < -0.4 is 4.74 Å². The van der Waals surface area contributed by atoms with E-state index in [1.807, 2.05) is 12.1 Å². The van der Waals surface area contributed by atoms with E-state index in [0.717, 1.165) is 10.7 Å². The van der Waals surface area contributed by atoms with Gasteiger partial charge in [0, 0.05) is 3.57 Å². The van der Waals surface area contributed by atoms with Gasteiger partial charge in [-0.1, -0.05) is 12.1 Å². The average Bonchev–Trinajstić information content (AvgIpc) is 2.37. The quantitative estimate of drug-likeness (QED) is 0.365. The van der Waals surface area contributed by atoms with Gasteiger partial charge in [0.05, 0.1) is 12.7 Å². The number of carbonyl (C=O) groups is 1. The first-order valence-corrected chi connectivity index (χ1v) is 8.77. The van der Waals surface area contributed by atoms with E-state index < -0.39 is 5.82 Å². The van der Waals surface area contributed by atoms with Crippen molar-refractivity contribution >= 4 is 73.6 Å². The number of hydrogen-bond acceptors (Lipinski definition) is 2. The lowest BCUT2D eigenvalue weighted by molar-refractivity contribution is 0.0916. The minimum absolute atomic E-state index is 0.0584. The van der Waals surface area contributed by atoms with Gasteiger partial charge < -0.3 is 4.74 Å². The van der Waals surface area contributed by atoms with Crippen LogP contribution in [0.5, 0.6) is 5.75 Å². The molecular weight excluding hydrogens is 600 g/mol. The van der Waals surface area contributed by atoms with Crippen molar-refractivity contribution in [2.24, 2.45) is 0 Å². The van der Waals surface area contributed by atoms with Gasteiger partial charge in [0.15, 0.2) is 6.61 Å². The van der Waals surface area contributed by atoms with Crippen molar-refractivity contribution in [2.45, 2.75) is 0 Å². The highest BCUT2D eigenvalue weighted by molar-refractivity contribution is 14.1. The van der Waals surface area contributed by atoms with Crippen LogP contribution in [0.2, 0.25) is 0 Å². The average molecular weight is 608 g/mol. The third-order valence-electron chi connectivity index (χ3n) is 2.48. The number of halogens is 4. The summed E-state index contributed by atoms with van der Waals surface area (Å²) in [6.45, 7) is -0.173. The Morgan fingerprint density at radius 1 is 1.10 bits per heavy atom. The first-order valence-electron chi connectivity index (χ1n) is 5.54. The maximum absolute atomic E-state index is 13.5. The summed E-state index contributed by atoms with van der Waals surface area (Å²) in [6, 6.07) is 9.85. The van der Waals surface area contributed by atoms with Crippen LogP contribution in [0.25, 0.3) is 0 Å². The lowest BCUT2D eigenvalue weighted by Crippen LogP contribution is -2.14. The van der Waals surface area contributed by atoms with Crippen molar-refractivity contribution in [2.75, 3.05) is 6.61 Å². The zero-order valence-corrected chi connectivity index (χ0v) is 16.5. The molecule has 0 heterocycles. The minimum Gasteiger partial charge on any atom is -0.483 e. The van der Waals surface area contributed by atoms with Crippen LogP contribution in [0.3, 0.4) is 0 Å². The molecule has 0 saturated heterocycles. The summed E-state index contributed by atoms with van der Waals surface area (Å²) in [5.74, 6) is -0.224. The van der Waals surface area contributed by atoms with Crippen molar-refractivity contribution in [3.05, 3.63) is 58.5 Å². The van der Waals surface area contributed by atoms with Crippen LogP contribution in [0, 0.1) is 16.5 Å². The highest BCUT2D eigenvalue weighted by atomic mass is 127. The van der Waals surface area contributed by atoms with Crippen molar-refractivity contribution < 1.29 is 13.9 Å². The fraction of sp³-hybridized carbons (Fsp3) is 0.0714.